The molecule has 0 saturated carbocycles. The molecule has 4 heteroatoms. The Bertz CT molecular complexity index is 291. The largest absolute Gasteiger partial charge is 0.481 e. The number of hydrogen-bond donors (Lipinski definition) is 2. The van der Waals surface area contributed by atoms with Gasteiger partial charge in [-0.2, -0.15) is 0 Å². The molecule has 2 aliphatic rings. The molecule has 0 aliphatic carbocycles. The molecule has 16 heavy (non-hydrogen) atoms. The lowest BCUT2D eigenvalue weighted by Crippen LogP contribution is -2.47. The highest BCUT2D eigenvalue weighted by atomic mass is 16.4. The van der Waals surface area contributed by atoms with Crippen LogP contribution in [0.15, 0.2) is 0 Å². The summed E-state index contributed by atoms with van der Waals surface area (Å²) in [5, 5.41) is 12.4. The van der Waals surface area contributed by atoms with Gasteiger partial charge in [0.15, 0.2) is 0 Å². The average Bonchev–Trinajstić information content (AvgIpc) is 2.71. The minimum absolute atomic E-state index is 0.137. The van der Waals surface area contributed by atoms with Crippen molar-refractivity contribution in [1.29, 1.82) is 0 Å². The number of fused-ring (bicyclic) bond motifs is 1. The van der Waals surface area contributed by atoms with Crippen LogP contribution in [0.1, 0.15) is 20.8 Å². The van der Waals surface area contributed by atoms with Gasteiger partial charge in [-0.05, 0) is 32.2 Å². The molecule has 3 unspecified atom stereocenters. The van der Waals surface area contributed by atoms with Gasteiger partial charge >= 0.3 is 5.97 Å². The van der Waals surface area contributed by atoms with Gasteiger partial charge in [-0.15, -0.1) is 0 Å². The second-order valence-corrected chi connectivity index (χ2v) is 5.82. The average molecular weight is 226 g/mol. The lowest BCUT2D eigenvalue weighted by molar-refractivity contribution is -0.142. The van der Waals surface area contributed by atoms with Crippen molar-refractivity contribution in [2.45, 2.75) is 26.3 Å². The molecule has 0 bridgehead atoms. The Hall–Kier alpha value is -0.610. The van der Waals surface area contributed by atoms with E-state index in [1.807, 2.05) is 0 Å². The van der Waals surface area contributed by atoms with Crippen molar-refractivity contribution in [2.75, 3.05) is 26.2 Å². The van der Waals surface area contributed by atoms with Gasteiger partial charge < -0.3 is 10.4 Å². The van der Waals surface area contributed by atoms with Gasteiger partial charge in [0.05, 0.1) is 5.92 Å². The molecule has 0 aromatic carbocycles. The molecule has 2 N–H and O–H groups in total. The first-order valence-corrected chi connectivity index (χ1v) is 6.11. The number of carboxylic acids is 1. The Morgan fingerprint density at radius 3 is 2.81 bits per heavy atom. The summed E-state index contributed by atoms with van der Waals surface area (Å²) in [6, 6.07) is 0. The van der Waals surface area contributed by atoms with Gasteiger partial charge in [0.2, 0.25) is 0 Å². The lowest BCUT2D eigenvalue weighted by Gasteiger charge is -2.36. The maximum Gasteiger partial charge on any atom is 0.307 e. The monoisotopic (exact) mass is 226 g/mol. The van der Waals surface area contributed by atoms with Crippen LogP contribution < -0.4 is 5.32 Å². The van der Waals surface area contributed by atoms with Crippen LogP contribution in [0.5, 0.6) is 0 Å². The predicted octanol–water partition coefficient (Wildman–Crippen LogP) is 0.637. The number of aliphatic carboxylic acids is 1. The van der Waals surface area contributed by atoms with E-state index in [-0.39, 0.29) is 11.5 Å². The maximum absolute atomic E-state index is 10.9. The van der Waals surface area contributed by atoms with E-state index >= 15 is 0 Å². The summed E-state index contributed by atoms with van der Waals surface area (Å²) in [6.07, 6.45) is 0. The first kappa shape index (κ1) is 11.9. The fourth-order valence-electron chi connectivity index (χ4n) is 3.22. The number of likely N-dealkylation sites (tertiary alicyclic amines) is 1. The van der Waals surface area contributed by atoms with Crippen molar-refractivity contribution in [3.63, 3.8) is 0 Å². The Morgan fingerprint density at radius 1 is 1.56 bits per heavy atom. The van der Waals surface area contributed by atoms with E-state index in [4.69, 9.17) is 5.11 Å². The normalized spacial score (nSPS) is 34.9. The van der Waals surface area contributed by atoms with Gasteiger partial charge in [0.25, 0.3) is 0 Å². The quantitative estimate of drug-likeness (QED) is 0.741. The van der Waals surface area contributed by atoms with Crippen LogP contribution >= 0.6 is 0 Å². The smallest absolute Gasteiger partial charge is 0.307 e. The number of rotatable bonds is 3. The van der Waals surface area contributed by atoms with Crippen molar-refractivity contribution in [2.24, 2.45) is 17.8 Å². The molecule has 3 atom stereocenters. The van der Waals surface area contributed by atoms with Crippen LogP contribution in [0.3, 0.4) is 0 Å². The molecular formula is C12H22N2O2. The van der Waals surface area contributed by atoms with Crippen LogP contribution in [0.4, 0.5) is 0 Å². The highest BCUT2D eigenvalue weighted by Crippen LogP contribution is 2.40. The van der Waals surface area contributed by atoms with E-state index in [2.05, 4.69) is 24.1 Å². The third-order valence-corrected chi connectivity index (χ3v) is 4.43. The van der Waals surface area contributed by atoms with Crippen molar-refractivity contribution in [1.82, 2.24) is 10.2 Å². The molecule has 0 aromatic rings. The molecule has 2 saturated heterocycles. The van der Waals surface area contributed by atoms with E-state index in [1.165, 1.54) is 0 Å². The van der Waals surface area contributed by atoms with Crippen molar-refractivity contribution < 1.29 is 9.90 Å². The third-order valence-electron chi connectivity index (χ3n) is 4.43. The summed E-state index contributed by atoms with van der Waals surface area (Å²) < 4.78 is 0. The zero-order valence-corrected chi connectivity index (χ0v) is 10.4. The van der Waals surface area contributed by atoms with E-state index in [0.717, 1.165) is 19.6 Å². The van der Waals surface area contributed by atoms with Gasteiger partial charge in [-0.25, -0.2) is 0 Å². The zero-order chi connectivity index (χ0) is 11.9. The van der Waals surface area contributed by atoms with Crippen LogP contribution in [0.25, 0.3) is 0 Å². The number of hydrogen-bond acceptors (Lipinski definition) is 3. The number of nitrogens with zero attached hydrogens (tertiary/aromatic N) is 1. The Labute approximate surface area is 97.0 Å². The maximum atomic E-state index is 10.9. The Balaban J connectivity index is 2.04. The first-order valence-electron chi connectivity index (χ1n) is 6.11. The molecule has 2 heterocycles. The predicted molar refractivity (Wildman–Crippen MR) is 62.3 cm³/mol. The molecule has 2 fully saturated rings. The summed E-state index contributed by atoms with van der Waals surface area (Å²) in [5.41, 5.74) is 0.137. The standard InChI is InChI=1S/C12H22N2O2/c1-8(11(15)16)6-14-7-9-4-13-5-10(9)12(14,2)3/h8-10,13H,4-7H2,1-3H3,(H,15,16). The van der Waals surface area contributed by atoms with Crippen LogP contribution in [-0.2, 0) is 4.79 Å². The zero-order valence-electron chi connectivity index (χ0n) is 10.4. The molecule has 0 radical (unpaired) electrons. The molecule has 4 nitrogen and oxygen atoms in total. The summed E-state index contributed by atoms with van der Waals surface area (Å²) in [6.45, 7) is 10.2. The summed E-state index contributed by atoms with van der Waals surface area (Å²) in [5.74, 6) is 0.418. The number of carbonyl (C=O) groups is 1. The molecule has 0 aromatic heterocycles. The van der Waals surface area contributed by atoms with Crippen LogP contribution in [0, 0.1) is 17.8 Å². The van der Waals surface area contributed by atoms with Gasteiger partial charge in [-0.1, -0.05) is 6.92 Å². The van der Waals surface area contributed by atoms with E-state index in [0.29, 0.717) is 18.4 Å². The highest BCUT2D eigenvalue weighted by molar-refractivity contribution is 5.69. The van der Waals surface area contributed by atoms with Crippen molar-refractivity contribution in [3.05, 3.63) is 0 Å². The summed E-state index contributed by atoms with van der Waals surface area (Å²) in [4.78, 5) is 13.3. The fourth-order valence-corrected chi connectivity index (χ4v) is 3.22. The fraction of sp³-hybridized carbons (Fsp3) is 0.917. The second kappa shape index (κ2) is 4.00. The minimum atomic E-state index is -0.689. The third kappa shape index (κ3) is 1.84. The highest BCUT2D eigenvalue weighted by Gasteiger charge is 2.49. The van der Waals surface area contributed by atoms with Gasteiger partial charge in [-0.3, -0.25) is 9.69 Å². The van der Waals surface area contributed by atoms with E-state index < -0.39 is 5.97 Å². The van der Waals surface area contributed by atoms with Crippen LogP contribution in [-0.4, -0.2) is 47.7 Å². The van der Waals surface area contributed by atoms with Crippen molar-refractivity contribution >= 4 is 5.97 Å². The SMILES string of the molecule is CC(CN1CC2CNCC2C1(C)C)C(=O)O. The molecular weight excluding hydrogens is 204 g/mol. The first-order chi connectivity index (χ1) is 7.43. The molecule has 0 amide bonds. The van der Waals surface area contributed by atoms with Crippen LogP contribution in [0.2, 0.25) is 0 Å². The number of nitrogens with one attached hydrogen (secondary N) is 1. The summed E-state index contributed by atoms with van der Waals surface area (Å²) in [7, 11) is 0. The number of carboxylic acid groups (broad SMARTS) is 1. The van der Waals surface area contributed by atoms with Crippen molar-refractivity contribution in [3.8, 4) is 0 Å². The Kier molecular flexibility index (Phi) is 2.97. The lowest BCUT2D eigenvalue weighted by atomic mass is 9.84. The van der Waals surface area contributed by atoms with Gasteiger partial charge in [0.1, 0.15) is 0 Å². The minimum Gasteiger partial charge on any atom is -0.481 e. The Morgan fingerprint density at radius 2 is 2.25 bits per heavy atom. The second-order valence-electron chi connectivity index (χ2n) is 5.82. The van der Waals surface area contributed by atoms with E-state index in [1.54, 1.807) is 6.92 Å². The molecule has 2 aliphatic heterocycles. The summed E-state index contributed by atoms with van der Waals surface area (Å²) >= 11 is 0. The topological polar surface area (TPSA) is 52.6 Å². The molecule has 0 spiro atoms. The van der Waals surface area contributed by atoms with E-state index in [9.17, 15) is 4.79 Å². The van der Waals surface area contributed by atoms with Gasteiger partial charge in [0, 0.05) is 25.2 Å². The molecule has 2 rings (SSSR count). The molecule has 92 valence electrons.